The van der Waals surface area contributed by atoms with Gasteiger partial charge in [-0.1, -0.05) is 54.1 Å². The van der Waals surface area contributed by atoms with Gasteiger partial charge >= 0.3 is 18.2 Å². The number of carbonyl (C=O) groups is 3. The van der Waals surface area contributed by atoms with Crippen LogP contribution in [0, 0.1) is 11.6 Å². The van der Waals surface area contributed by atoms with Crippen LogP contribution in [-0.4, -0.2) is 59.4 Å². The van der Waals surface area contributed by atoms with Crippen molar-refractivity contribution in [1.29, 1.82) is 0 Å². The molecule has 3 aromatic carbocycles. The van der Waals surface area contributed by atoms with Crippen molar-refractivity contribution in [3.63, 3.8) is 0 Å². The summed E-state index contributed by atoms with van der Waals surface area (Å²) in [5.74, 6) is -1.15. The van der Waals surface area contributed by atoms with Crippen LogP contribution < -0.4 is 15.5 Å². The molecule has 4 aromatic rings. The van der Waals surface area contributed by atoms with E-state index in [1.165, 1.54) is 54.5 Å². The fraction of sp³-hybridized carbons (Fsp3) is 0.200. The van der Waals surface area contributed by atoms with Gasteiger partial charge in [-0.3, -0.25) is 4.90 Å². The molecule has 0 aliphatic carbocycles. The number of amides is 4. The van der Waals surface area contributed by atoms with Crippen molar-refractivity contribution in [2.24, 2.45) is 0 Å². The van der Waals surface area contributed by atoms with E-state index < -0.39 is 35.9 Å². The number of hydrogen-bond donors (Lipinski definition) is 3. The number of nitrogens with one attached hydrogen (secondary N) is 2. The molecule has 13 heteroatoms. The number of likely N-dealkylation sites (N-methyl/N-ethyl adjacent to an activating group) is 1. The van der Waals surface area contributed by atoms with E-state index in [2.05, 4.69) is 15.6 Å². The molecule has 0 aliphatic heterocycles. The lowest BCUT2D eigenvalue weighted by Crippen LogP contribution is -2.54. The van der Waals surface area contributed by atoms with E-state index in [9.17, 15) is 28.3 Å². The highest BCUT2D eigenvalue weighted by Gasteiger charge is 2.28. The molecular weight excluding hydrogens is 584 g/mol. The number of fused-ring (bicyclic) bond motifs is 1. The third-order valence-electron chi connectivity index (χ3n) is 6.59. The average Bonchev–Trinajstić information content (AvgIpc) is 3.00. The monoisotopic (exact) mass is 611 g/mol. The van der Waals surface area contributed by atoms with E-state index >= 15 is 0 Å². The van der Waals surface area contributed by atoms with Crippen molar-refractivity contribution < 1.29 is 33.0 Å². The van der Waals surface area contributed by atoms with Crippen molar-refractivity contribution in [3.8, 4) is 0 Å². The number of rotatable bonds is 10. The largest absolute Gasteiger partial charge is 0.465 e. The highest BCUT2D eigenvalue weighted by atomic mass is 35.5. The molecule has 0 aliphatic rings. The lowest BCUT2D eigenvalue weighted by atomic mass is 10.1. The van der Waals surface area contributed by atoms with Gasteiger partial charge in [-0.25, -0.2) is 28.1 Å². The fourth-order valence-electron chi connectivity index (χ4n) is 4.17. The van der Waals surface area contributed by atoms with Gasteiger partial charge in [-0.2, -0.15) is 0 Å². The zero-order valence-electron chi connectivity index (χ0n) is 23.0. The van der Waals surface area contributed by atoms with E-state index in [-0.39, 0.29) is 37.1 Å². The number of benzene rings is 3. The minimum Gasteiger partial charge on any atom is -0.465 e. The van der Waals surface area contributed by atoms with Crippen molar-refractivity contribution >= 4 is 46.4 Å². The zero-order chi connectivity index (χ0) is 30.9. The maximum absolute atomic E-state index is 13.8. The summed E-state index contributed by atoms with van der Waals surface area (Å²) < 4.78 is 32.9. The summed E-state index contributed by atoms with van der Waals surface area (Å²) in [6, 6.07) is 17.0. The van der Waals surface area contributed by atoms with Crippen LogP contribution in [0.3, 0.4) is 0 Å². The van der Waals surface area contributed by atoms with Crippen LogP contribution in [0.1, 0.15) is 11.1 Å². The number of carbonyl (C=O) groups excluding carboxylic acids is 2. The van der Waals surface area contributed by atoms with Gasteiger partial charge in [0.2, 0.25) is 0 Å². The summed E-state index contributed by atoms with van der Waals surface area (Å²) >= 11 is 6.00. The number of urea groups is 1. The van der Waals surface area contributed by atoms with Gasteiger partial charge in [0.25, 0.3) is 0 Å². The SMILES string of the molecule is CN(C(=O)NCc1cccc(F)c1Cl)[C@@H](CNC(=O)OCc1ccccc1)CN(C(=O)O)c1cc2cc(F)ccc2cn1. The lowest BCUT2D eigenvalue weighted by molar-refractivity contribution is 0.135. The molecule has 224 valence electrons. The van der Waals surface area contributed by atoms with Gasteiger partial charge in [0, 0.05) is 31.7 Å². The summed E-state index contributed by atoms with van der Waals surface area (Å²) in [6.07, 6.45) is -0.761. The smallest absolute Gasteiger partial charge is 0.413 e. The number of anilines is 1. The number of ether oxygens (including phenoxy) is 1. The number of nitrogens with zero attached hydrogens (tertiary/aromatic N) is 3. The summed E-state index contributed by atoms with van der Waals surface area (Å²) in [5, 5.41) is 16.1. The first-order valence-electron chi connectivity index (χ1n) is 13.1. The Morgan fingerprint density at radius 2 is 1.77 bits per heavy atom. The molecule has 0 saturated carbocycles. The quantitative estimate of drug-likeness (QED) is 0.209. The molecule has 10 nitrogen and oxygen atoms in total. The van der Waals surface area contributed by atoms with Gasteiger partial charge in [-0.05, 0) is 46.8 Å². The lowest BCUT2D eigenvalue weighted by Gasteiger charge is -2.32. The topological polar surface area (TPSA) is 124 Å². The second kappa shape index (κ2) is 14.3. The van der Waals surface area contributed by atoms with Crippen LogP contribution in [0.4, 0.5) is 29.0 Å². The molecule has 0 radical (unpaired) electrons. The van der Waals surface area contributed by atoms with Gasteiger partial charge in [-0.15, -0.1) is 0 Å². The maximum Gasteiger partial charge on any atom is 0.413 e. The van der Waals surface area contributed by atoms with E-state index in [4.69, 9.17) is 16.3 Å². The van der Waals surface area contributed by atoms with Crippen LogP contribution in [0.5, 0.6) is 0 Å². The normalized spacial score (nSPS) is 11.4. The highest BCUT2D eigenvalue weighted by molar-refractivity contribution is 6.31. The van der Waals surface area contributed by atoms with Crippen LogP contribution in [0.25, 0.3) is 10.8 Å². The zero-order valence-corrected chi connectivity index (χ0v) is 23.7. The molecule has 4 amide bonds. The summed E-state index contributed by atoms with van der Waals surface area (Å²) in [7, 11) is 1.41. The molecule has 4 rings (SSSR count). The molecule has 0 bridgehead atoms. The van der Waals surface area contributed by atoms with E-state index in [0.29, 0.717) is 16.3 Å². The number of alkyl carbamates (subject to hydrolysis) is 1. The van der Waals surface area contributed by atoms with Gasteiger partial charge in [0.1, 0.15) is 24.1 Å². The maximum atomic E-state index is 13.8. The Morgan fingerprint density at radius 3 is 2.51 bits per heavy atom. The fourth-order valence-corrected chi connectivity index (χ4v) is 4.37. The Balaban J connectivity index is 1.51. The Bertz CT molecular complexity index is 1610. The molecule has 1 heterocycles. The van der Waals surface area contributed by atoms with Gasteiger partial charge in [0.15, 0.2) is 0 Å². The van der Waals surface area contributed by atoms with Crippen LogP contribution >= 0.6 is 11.6 Å². The first-order valence-corrected chi connectivity index (χ1v) is 13.4. The molecule has 1 atom stereocenters. The second-order valence-corrected chi connectivity index (χ2v) is 9.88. The predicted molar refractivity (Wildman–Crippen MR) is 157 cm³/mol. The first-order chi connectivity index (χ1) is 20.6. The first kappa shape index (κ1) is 31.0. The predicted octanol–water partition coefficient (Wildman–Crippen LogP) is 5.79. The van der Waals surface area contributed by atoms with E-state index in [0.717, 1.165) is 10.5 Å². The van der Waals surface area contributed by atoms with E-state index in [1.807, 2.05) is 6.07 Å². The Labute approximate surface area is 250 Å². The van der Waals surface area contributed by atoms with Crippen molar-refractivity contribution in [3.05, 3.63) is 107 Å². The minimum atomic E-state index is -1.39. The third kappa shape index (κ3) is 8.29. The Kier molecular flexibility index (Phi) is 10.3. The molecule has 0 unspecified atom stereocenters. The Hall–Kier alpha value is -4.97. The van der Waals surface area contributed by atoms with Crippen molar-refractivity contribution in [1.82, 2.24) is 20.5 Å². The van der Waals surface area contributed by atoms with Crippen LogP contribution in [0.2, 0.25) is 5.02 Å². The van der Waals surface area contributed by atoms with Gasteiger partial charge in [0.05, 0.1) is 17.6 Å². The summed E-state index contributed by atoms with van der Waals surface area (Å²) in [6.45, 7) is -0.642. The molecular formula is C30H28ClF2N5O5. The molecule has 1 aromatic heterocycles. The number of carboxylic acid groups (broad SMARTS) is 1. The van der Waals surface area contributed by atoms with E-state index in [1.54, 1.807) is 30.3 Å². The number of halogens is 3. The standard InChI is InChI=1S/C30H28ClF2N5O5/c1-37(28(39)35-15-21-8-5-9-25(33)27(21)31)24(16-36-29(40)43-18-19-6-3-2-4-7-19)17-38(30(41)42)26-13-22-12-23(32)11-10-20(22)14-34-26/h2-14,24H,15-18H2,1H3,(H,35,39)(H,36,40)(H,41,42)/t24-/m0/s1. The van der Waals surface area contributed by atoms with Gasteiger partial charge < -0.3 is 25.4 Å². The summed E-state index contributed by atoms with van der Waals surface area (Å²) in [5.41, 5.74) is 1.10. The third-order valence-corrected chi connectivity index (χ3v) is 7.02. The summed E-state index contributed by atoms with van der Waals surface area (Å²) in [4.78, 5) is 44.2. The molecule has 3 N–H and O–H groups in total. The number of hydrogen-bond acceptors (Lipinski definition) is 5. The minimum absolute atomic E-state index is 0.000873. The molecule has 0 fully saturated rings. The number of pyridine rings is 1. The molecule has 43 heavy (non-hydrogen) atoms. The van der Waals surface area contributed by atoms with Crippen molar-refractivity contribution in [2.75, 3.05) is 25.0 Å². The Morgan fingerprint density at radius 1 is 1.00 bits per heavy atom. The van der Waals surface area contributed by atoms with Crippen molar-refractivity contribution in [2.45, 2.75) is 19.2 Å². The molecule has 0 spiro atoms. The van der Waals surface area contributed by atoms with Crippen LogP contribution in [-0.2, 0) is 17.9 Å². The second-order valence-electron chi connectivity index (χ2n) is 9.51. The van der Waals surface area contributed by atoms with Crippen LogP contribution in [0.15, 0.2) is 79.0 Å². The highest BCUT2D eigenvalue weighted by Crippen LogP contribution is 2.22. The average molecular weight is 612 g/mol. The molecule has 0 saturated heterocycles. The number of aromatic nitrogens is 1.